The highest BCUT2D eigenvalue weighted by molar-refractivity contribution is 5.80. The second-order valence-electron chi connectivity index (χ2n) is 3.92. The van der Waals surface area contributed by atoms with Gasteiger partial charge in [-0.2, -0.15) is 0 Å². The summed E-state index contributed by atoms with van der Waals surface area (Å²) >= 11 is 0. The van der Waals surface area contributed by atoms with Gasteiger partial charge in [0.1, 0.15) is 5.78 Å². The van der Waals surface area contributed by atoms with Gasteiger partial charge >= 0.3 is 0 Å². The van der Waals surface area contributed by atoms with Crippen LogP contribution in [-0.4, -0.2) is 18.5 Å². The summed E-state index contributed by atoms with van der Waals surface area (Å²) < 4.78 is 5.52. The Labute approximate surface area is 79.0 Å². The minimum Gasteiger partial charge on any atom is -0.374 e. The molecule has 2 fully saturated rings. The first kappa shape index (κ1) is 8.95. The van der Waals surface area contributed by atoms with Gasteiger partial charge in [-0.1, -0.05) is 11.6 Å². The molecule has 72 valence electrons. The predicted molar refractivity (Wildman–Crippen MR) is 50.5 cm³/mol. The molecule has 0 spiro atoms. The Morgan fingerprint density at radius 1 is 1.23 bits per heavy atom. The number of rotatable bonds is 1. The van der Waals surface area contributed by atoms with E-state index in [1.807, 2.05) is 0 Å². The van der Waals surface area contributed by atoms with Crippen molar-refractivity contribution in [3.63, 3.8) is 0 Å². The molecule has 1 aliphatic carbocycles. The van der Waals surface area contributed by atoms with Crippen LogP contribution in [-0.2, 0) is 9.53 Å². The first-order valence-corrected chi connectivity index (χ1v) is 5.17. The smallest absolute Gasteiger partial charge is 0.133 e. The summed E-state index contributed by atoms with van der Waals surface area (Å²) in [6, 6.07) is 0. The highest BCUT2D eigenvalue weighted by atomic mass is 16.5. The molecule has 2 nitrogen and oxygen atoms in total. The molecule has 0 N–H and O–H groups in total. The lowest BCUT2D eigenvalue weighted by Crippen LogP contribution is -2.09. The first-order chi connectivity index (χ1) is 6.34. The van der Waals surface area contributed by atoms with Gasteiger partial charge in [0.25, 0.3) is 0 Å². The first-order valence-electron chi connectivity index (χ1n) is 5.17. The molecule has 0 aromatic rings. The Morgan fingerprint density at radius 2 is 2.00 bits per heavy atom. The van der Waals surface area contributed by atoms with Crippen molar-refractivity contribution < 1.29 is 9.53 Å². The van der Waals surface area contributed by atoms with Crippen LogP contribution in [0.4, 0.5) is 0 Å². The van der Waals surface area contributed by atoms with E-state index in [1.54, 1.807) is 0 Å². The average Bonchev–Trinajstić information content (AvgIpc) is 2.62. The quantitative estimate of drug-likeness (QED) is 0.578. The lowest BCUT2D eigenvalue weighted by Gasteiger charge is -2.14. The molecule has 2 aliphatic rings. The van der Waals surface area contributed by atoms with E-state index < -0.39 is 0 Å². The number of ketones is 1. The van der Waals surface area contributed by atoms with Crippen LogP contribution in [0.3, 0.4) is 0 Å². The molecule has 0 bridgehead atoms. The van der Waals surface area contributed by atoms with Crippen LogP contribution in [0.1, 0.15) is 38.5 Å². The molecule has 0 aromatic heterocycles. The van der Waals surface area contributed by atoms with E-state index in [-0.39, 0.29) is 0 Å². The van der Waals surface area contributed by atoms with E-state index in [9.17, 15) is 4.79 Å². The van der Waals surface area contributed by atoms with Crippen LogP contribution in [0, 0.1) is 0 Å². The minimum absolute atomic E-state index is 0.350. The van der Waals surface area contributed by atoms with Crippen LogP contribution in [0.25, 0.3) is 0 Å². The molecule has 13 heavy (non-hydrogen) atoms. The van der Waals surface area contributed by atoms with Crippen molar-refractivity contribution in [3.05, 3.63) is 11.6 Å². The van der Waals surface area contributed by atoms with Crippen LogP contribution in [0.15, 0.2) is 11.6 Å². The molecule has 1 heterocycles. The van der Waals surface area contributed by atoms with Crippen LogP contribution in [0.2, 0.25) is 0 Å². The zero-order valence-electron chi connectivity index (χ0n) is 7.92. The molecule has 1 aliphatic heterocycles. The molecule has 0 aromatic carbocycles. The van der Waals surface area contributed by atoms with Crippen molar-refractivity contribution in [3.8, 4) is 0 Å². The summed E-state index contributed by atoms with van der Waals surface area (Å²) in [7, 11) is 0. The van der Waals surface area contributed by atoms with Gasteiger partial charge in [0.15, 0.2) is 0 Å². The molecule has 2 heteroatoms. The number of carbonyl (C=O) groups is 1. The summed E-state index contributed by atoms with van der Waals surface area (Å²) in [5.74, 6) is 0.421. The Morgan fingerprint density at radius 3 is 2.62 bits per heavy atom. The normalized spacial score (nSPS) is 29.4. The maximum atomic E-state index is 11.0. The van der Waals surface area contributed by atoms with Crippen molar-refractivity contribution in [1.29, 1.82) is 0 Å². The third-order valence-electron chi connectivity index (χ3n) is 2.84. The van der Waals surface area contributed by atoms with Gasteiger partial charge in [0.05, 0.1) is 6.10 Å². The Kier molecular flexibility index (Phi) is 2.79. The van der Waals surface area contributed by atoms with E-state index in [4.69, 9.17) is 4.74 Å². The predicted octanol–water partition coefficient (Wildman–Crippen LogP) is 2.23. The van der Waals surface area contributed by atoms with E-state index in [0.29, 0.717) is 11.9 Å². The van der Waals surface area contributed by atoms with Gasteiger partial charge in [-0.05, 0) is 25.7 Å². The molecule has 0 amide bonds. The summed E-state index contributed by atoms with van der Waals surface area (Å²) in [4.78, 5) is 11.0. The van der Waals surface area contributed by atoms with Crippen molar-refractivity contribution in [2.45, 2.75) is 44.6 Å². The topological polar surface area (TPSA) is 26.3 Å². The number of Topliss-reactive ketones (excluding diaryl/α,β-unsaturated/α-hetero) is 1. The van der Waals surface area contributed by atoms with Crippen LogP contribution >= 0.6 is 0 Å². The lowest BCUT2D eigenvalue weighted by molar-refractivity contribution is -0.119. The van der Waals surface area contributed by atoms with Gasteiger partial charge in [-0.25, -0.2) is 0 Å². The fraction of sp³-hybridized carbons (Fsp3) is 0.727. The molecular formula is C11H16O2. The molecule has 2 rings (SSSR count). The summed E-state index contributed by atoms with van der Waals surface area (Å²) in [6.07, 6.45) is 8.39. The number of hydrogen-bond donors (Lipinski definition) is 0. The molecule has 1 saturated heterocycles. The van der Waals surface area contributed by atoms with Gasteiger partial charge in [0, 0.05) is 19.4 Å². The van der Waals surface area contributed by atoms with Crippen molar-refractivity contribution in [2.24, 2.45) is 0 Å². The fourth-order valence-electron chi connectivity index (χ4n) is 2.01. The van der Waals surface area contributed by atoms with E-state index >= 15 is 0 Å². The van der Waals surface area contributed by atoms with Crippen molar-refractivity contribution in [1.82, 2.24) is 0 Å². The summed E-state index contributed by atoms with van der Waals surface area (Å²) in [5, 5.41) is 0. The second-order valence-corrected chi connectivity index (χ2v) is 3.92. The maximum absolute atomic E-state index is 11.0. The summed E-state index contributed by atoms with van der Waals surface area (Å²) in [6.45, 7) is 0.910. The third kappa shape index (κ3) is 2.41. The second kappa shape index (κ2) is 4.05. The SMILES string of the molecule is O=C1CCC(=CC2CCCO2)CC1. The van der Waals surface area contributed by atoms with Gasteiger partial charge in [-0.3, -0.25) is 4.79 Å². The number of ether oxygens (including phenoxy) is 1. The molecule has 1 saturated carbocycles. The molecular weight excluding hydrogens is 164 g/mol. The van der Waals surface area contributed by atoms with Gasteiger partial charge in [-0.15, -0.1) is 0 Å². The minimum atomic E-state index is 0.350. The Hall–Kier alpha value is -0.630. The van der Waals surface area contributed by atoms with E-state index in [2.05, 4.69) is 6.08 Å². The van der Waals surface area contributed by atoms with Gasteiger partial charge < -0.3 is 4.74 Å². The Balaban J connectivity index is 1.88. The lowest BCUT2D eigenvalue weighted by atomic mass is 9.92. The number of carbonyl (C=O) groups excluding carboxylic acids is 1. The monoisotopic (exact) mass is 180 g/mol. The standard InChI is InChI=1S/C11H16O2/c12-10-5-3-9(4-6-10)8-11-2-1-7-13-11/h8,11H,1-7H2. The van der Waals surface area contributed by atoms with E-state index in [0.717, 1.165) is 38.7 Å². The molecule has 1 unspecified atom stereocenters. The van der Waals surface area contributed by atoms with Crippen LogP contribution in [0.5, 0.6) is 0 Å². The maximum Gasteiger partial charge on any atom is 0.133 e. The molecule has 0 radical (unpaired) electrons. The van der Waals surface area contributed by atoms with Crippen molar-refractivity contribution in [2.75, 3.05) is 6.61 Å². The largest absolute Gasteiger partial charge is 0.374 e. The van der Waals surface area contributed by atoms with E-state index in [1.165, 1.54) is 12.0 Å². The highest BCUT2D eigenvalue weighted by Gasteiger charge is 2.17. The van der Waals surface area contributed by atoms with Crippen molar-refractivity contribution >= 4 is 5.78 Å². The zero-order valence-corrected chi connectivity index (χ0v) is 7.92. The summed E-state index contributed by atoms with van der Waals surface area (Å²) in [5.41, 5.74) is 1.44. The molecule has 1 atom stereocenters. The zero-order chi connectivity index (χ0) is 9.10. The highest BCUT2D eigenvalue weighted by Crippen LogP contribution is 2.23. The van der Waals surface area contributed by atoms with Gasteiger partial charge in [0.2, 0.25) is 0 Å². The van der Waals surface area contributed by atoms with Crippen LogP contribution < -0.4 is 0 Å². The number of hydrogen-bond acceptors (Lipinski definition) is 2. The Bertz CT molecular complexity index is 212. The average molecular weight is 180 g/mol. The number of allylic oxidation sites excluding steroid dienone is 1. The third-order valence-corrected chi connectivity index (χ3v) is 2.84. The fourth-order valence-corrected chi connectivity index (χ4v) is 2.01.